The molecule has 0 aliphatic heterocycles. The first-order valence-electron chi connectivity index (χ1n) is 5.26. The number of nitrogen functional groups attached to an aromatic ring is 1. The highest BCUT2D eigenvalue weighted by atomic mass is 32.2. The Labute approximate surface area is 110 Å². The summed E-state index contributed by atoms with van der Waals surface area (Å²) in [5.41, 5.74) is 6.55. The van der Waals surface area contributed by atoms with Crippen molar-refractivity contribution in [3.05, 3.63) is 48.3 Å². The second kappa shape index (κ2) is 4.96. The lowest BCUT2D eigenvalue weighted by Crippen LogP contribution is -2.13. The number of rotatable bonds is 3. The number of anilines is 2. The zero-order chi connectivity index (χ0) is 13.9. The van der Waals surface area contributed by atoms with E-state index >= 15 is 0 Å². The molecule has 0 atom stereocenters. The molecule has 1 aromatic heterocycles. The first-order valence-corrected chi connectivity index (χ1v) is 6.74. The van der Waals surface area contributed by atoms with Crippen LogP contribution in [0.4, 0.5) is 11.4 Å². The third-order valence-corrected chi connectivity index (χ3v) is 3.67. The average molecular weight is 274 g/mol. The minimum Gasteiger partial charge on any atom is -0.399 e. The van der Waals surface area contributed by atoms with E-state index in [4.69, 9.17) is 11.0 Å². The predicted molar refractivity (Wildman–Crippen MR) is 70.6 cm³/mol. The van der Waals surface area contributed by atoms with E-state index in [0.717, 1.165) is 6.20 Å². The van der Waals surface area contributed by atoms with Crippen LogP contribution >= 0.6 is 0 Å². The largest absolute Gasteiger partial charge is 0.399 e. The monoisotopic (exact) mass is 274 g/mol. The minimum atomic E-state index is -3.73. The standard InChI is InChI=1S/C12H10N4O2S/c13-7-11-4-5-12(8-15-11)19(17,18)16-10-3-1-2-9(14)6-10/h1-6,8,16H,14H2. The van der Waals surface area contributed by atoms with E-state index in [9.17, 15) is 8.42 Å². The number of benzene rings is 1. The van der Waals surface area contributed by atoms with Crippen LogP contribution in [-0.2, 0) is 10.0 Å². The van der Waals surface area contributed by atoms with E-state index < -0.39 is 10.0 Å². The number of aromatic nitrogens is 1. The van der Waals surface area contributed by atoms with Gasteiger partial charge >= 0.3 is 0 Å². The van der Waals surface area contributed by atoms with Crippen LogP contribution < -0.4 is 10.5 Å². The van der Waals surface area contributed by atoms with Gasteiger partial charge in [-0.2, -0.15) is 5.26 Å². The van der Waals surface area contributed by atoms with Crippen molar-refractivity contribution in [1.29, 1.82) is 5.26 Å². The van der Waals surface area contributed by atoms with Gasteiger partial charge in [0, 0.05) is 11.9 Å². The first kappa shape index (κ1) is 12.9. The van der Waals surface area contributed by atoms with Crippen molar-refractivity contribution in [3.63, 3.8) is 0 Å². The summed E-state index contributed by atoms with van der Waals surface area (Å²) in [6.07, 6.45) is 1.13. The van der Waals surface area contributed by atoms with Gasteiger partial charge < -0.3 is 5.73 Å². The van der Waals surface area contributed by atoms with Crippen molar-refractivity contribution in [2.24, 2.45) is 0 Å². The van der Waals surface area contributed by atoms with Crippen LogP contribution in [0.25, 0.3) is 0 Å². The molecule has 2 aromatic rings. The van der Waals surface area contributed by atoms with Crippen molar-refractivity contribution in [3.8, 4) is 6.07 Å². The predicted octanol–water partition coefficient (Wildman–Crippen LogP) is 1.34. The van der Waals surface area contributed by atoms with Gasteiger partial charge in [0.2, 0.25) is 0 Å². The SMILES string of the molecule is N#Cc1ccc(S(=O)(=O)Nc2cccc(N)c2)cn1. The molecule has 2 rings (SSSR count). The highest BCUT2D eigenvalue weighted by Gasteiger charge is 2.14. The molecule has 0 amide bonds. The van der Waals surface area contributed by atoms with Gasteiger partial charge in [0.15, 0.2) is 0 Å². The van der Waals surface area contributed by atoms with Crippen LogP contribution in [0.1, 0.15) is 5.69 Å². The highest BCUT2D eigenvalue weighted by Crippen LogP contribution is 2.17. The van der Waals surface area contributed by atoms with Gasteiger partial charge in [-0.3, -0.25) is 4.72 Å². The molecule has 3 N–H and O–H groups in total. The maximum atomic E-state index is 12.0. The lowest BCUT2D eigenvalue weighted by Gasteiger charge is -2.08. The molecule has 0 saturated carbocycles. The Hall–Kier alpha value is -2.59. The molecular weight excluding hydrogens is 264 g/mol. The second-order valence-corrected chi connectivity index (χ2v) is 5.40. The third-order valence-electron chi connectivity index (χ3n) is 2.30. The zero-order valence-electron chi connectivity index (χ0n) is 9.74. The Morgan fingerprint density at radius 1 is 1.26 bits per heavy atom. The molecular formula is C12H10N4O2S. The Morgan fingerprint density at radius 3 is 2.63 bits per heavy atom. The number of hydrogen-bond acceptors (Lipinski definition) is 5. The van der Waals surface area contributed by atoms with E-state index in [0.29, 0.717) is 11.4 Å². The first-order chi connectivity index (χ1) is 9.01. The molecule has 6 nitrogen and oxygen atoms in total. The van der Waals surface area contributed by atoms with Crippen molar-refractivity contribution in [1.82, 2.24) is 4.98 Å². The smallest absolute Gasteiger partial charge is 0.263 e. The van der Waals surface area contributed by atoms with Crippen molar-refractivity contribution >= 4 is 21.4 Å². The highest BCUT2D eigenvalue weighted by molar-refractivity contribution is 7.92. The van der Waals surface area contributed by atoms with E-state index in [2.05, 4.69) is 9.71 Å². The molecule has 1 heterocycles. The molecule has 7 heteroatoms. The van der Waals surface area contributed by atoms with Crippen molar-refractivity contribution < 1.29 is 8.42 Å². The maximum absolute atomic E-state index is 12.0. The van der Waals surface area contributed by atoms with E-state index in [1.165, 1.54) is 18.2 Å². The molecule has 1 aromatic carbocycles. The number of nitrogens with zero attached hydrogens (tertiary/aromatic N) is 2. The molecule has 0 radical (unpaired) electrons. The number of hydrogen-bond donors (Lipinski definition) is 2. The summed E-state index contributed by atoms with van der Waals surface area (Å²) in [5.74, 6) is 0. The topological polar surface area (TPSA) is 109 Å². The van der Waals surface area contributed by atoms with E-state index in [1.807, 2.05) is 6.07 Å². The Bertz CT molecular complexity index is 733. The summed E-state index contributed by atoms with van der Waals surface area (Å²) in [7, 11) is -3.73. The fourth-order valence-corrected chi connectivity index (χ4v) is 2.42. The maximum Gasteiger partial charge on any atom is 0.263 e. The van der Waals surface area contributed by atoms with Gasteiger partial charge in [-0.25, -0.2) is 13.4 Å². The molecule has 96 valence electrons. The molecule has 0 fully saturated rings. The summed E-state index contributed by atoms with van der Waals surface area (Å²) in [6.45, 7) is 0. The lowest BCUT2D eigenvalue weighted by atomic mass is 10.3. The van der Waals surface area contributed by atoms with Gasteiger partial charge in [0.1, 0.15) is 16.7 Å². The molecule has 0 unspecified atom stereocenters. The molecule has 19 heavy (non-hydrogen) atoms. The van der Waals surface area contributed by atoms with Gasteiger partial charge in [-0.1, -0.05) is 6.07 Å². The van der Waals surface area contributed by atoms with Crippen LogP contribution in [0.2, 0.25) is 0 Å². The second-order valence-electron chi connectivity index (χ2n) is 3.72. The average Bonchev–Trinajstić information content (AvgIpc) is 2.38. The lowest BCUT2D eigenvalue weighted by molar-refractivity contribution is 0.601. The molecule has 0 aliphatic carbocycles. The number of sulfonamides is 1. The Morgan fingerprint density at radius 2 is 2.05 bits per heavy atom. The van der Waals surface area contributed by atoms with Gasteiger partial charge in [0.25, 0.3) is 10.0 Å². The van der Waals surface area contributed by atoms with Gasteiger partial charge in [-0.05, 0) is 30.3 Å². The summed E-state index contributed by atoms with van der Waals surface area (Å²) < 4.78 is 26.5. The normalized spacial score (nSPS) is 10.7. The molecule has 0 bridgehead atoms. The van der Waals surface area contributed by atoms with E-state index in [-0.39, 0.29) is 10.6 Å². The summed E-state index contributed by atoms with van der Waals surface area (Å²) in [5, 5.41) is 8.61. The fourth-order valence-electron chi connectivity index (χ4n) is 1.42. The Balaban J connectivity index is 2.30. The number of nitrogens with two attached hydrogens (primary N) is 1. The number of nitrogens with one attached hydrogen (secondary N) is 1. The van der Waals surface area contributed by atoms with Crippen LogP contribution in [0.5, 0.6) is 0 Å². The summed E-state index contributed by atoms with van der Waals surface area (Å²) in [4.78, 5) is 3.70. The number of nitriles is 1. The minimum absolute atomic E-state index is 0.0195. The van der Waals surface area contributed by atoms with E-state index in [1.54, 1.807) is 18.2 Å². The van der Waals surface area contributed by atoms with Crippen LogP contribution in [0.3, 0.4) is 0 Å². The summed E-state index contributed by atoms with van der Waals surface area (Å²) in [6, 6.07) is 10.9. The molecule has 0 aliphatic rings. The quantitative estimate of drug-likeness (QED) is 0.821. The van der Waals surface area contributed by atoms with Gasteiger partial charge in [-0.15, -0.1) is 0 Å². The summed E-state index contributed by atoms with van der Waals surface area (Å²) >= 11 is 0. The third kappa shape index (κ3) is 3.00. The molecule has 0 spiro atoms. The Kier molecular flexibility index (Phi) is 3.35. The van der Waals surface area contributed by atoms with Crippen LogP contribution in [-0.4, -0.2) is 13.4 Å². The van der Waals surface area contributed by atoms with Crippen molar-refractivity contribution in [2.75, 3.05) is 10.5 Å². The number of pyridine rings is 1. The zero-order valence-corrected chi connectivity index (χ0v) is 10.6. The van der Waals surface area contributed by atoms with Crippen LogP contribution in [0, 0.1) is 11.3 Å². The fraction of sp³-hybridized carbons (Fsp3) is 0. The van der Waals surface area contributed by atoms with Crippen molar-refractivity contribution in [2.45, 2.75) is 4.90 Å². The van der Waals surface area contributed by atoms with Crippen LogP contribution in [0.15, 0.2) is 47.5 Å². The molecule has 0 saturated heterocycles. The van der Waals surface area contributed by atoms with Gasteiger partial charge in [0.05, 0.1) is 5.69 Å².